The van der Waals surface area contributed by atoms with Crippen LogP contribution in [-0.2, 0) is 0 Å². The molecule has 2 aromatic carbocycles. The van der Waals surface area contributed by atoms with E-state index in [1.165, 1.54) is 0 Å². The lowest BCUT2D eigenvalue weighted by atomic mass is 10.2. The molecule has 3 nitrogen and oxygen atoms in total. The van der Waals surface area contributed by atoms with Crippen molar-refractivity contribution in [2.45, 2.75) is 0 Å². The maximum absolute atomic E-state index is 9.73. The summed E-state index contributed by atoms with van der Waals surface area (Å²) in [4.78, 5) is 8.86. The van der Waals surface area contributed by atoms with E-state index in [-0.39, 0.29) is 5.75 Å². The van der Waals surface area contributed by atoms with Crippen molar-refractivity contribution >= 4 is 38.0 Å². The van der Waals surface area contributed by atoms with Gasteiger partial charge in [0.05, 0.1) is 11.0 Å². The highest BCUT2D eigenvalue weighted by atomic mass is 79.9. The molecule has 0 aliphatic carbocycles. The van der Waals surface area contributed by atoms with Gasteiger partial charge in [0, 0.05) is 4.47 Å². The van der Waals surface area contributed by atoms with Crippen LogP contribution in [0.3, 0.4) is 0 Å². The van der Waals surface area contributed by atoms with E-state index in [4.69, 9.17) is 0 Å². The van der Waals surface area contributed by atoms with Crippen molar-refractivity contribution in [1.82, 2.24) is 9.97 Å². The molecule has 0 bridgehead atoms. The third-order valence-corrected chi connectivity index (χ3v) is 3.07. The van der Waals surface area contributed by atoms with Crippen LogP contribution in [0, 0.1) is 0 Å². The maximum atomic E-state index is 9.73. The number of hydrogen-bond acceptors (Lipinski definition) is 3. The Hall–Kier alpha value is -1.68. The average molecular weight is 275 g/mol. The summed E-state index contributed by atoms with van der Waals surface area (Å²) in [7, 11) is 0. The van der Waals surface area contributed by atoms with E-state index in [2.05, 4.69) is 25.9 Å². The Balaban J connectivity index is 2.56. The summed E-state index contributed by atoms with van der Waals surface area (Å²) >= 11 is 3.40. The lowest BCUT2D eigenvalue weighted by Gasteiger charge is -2.03. The predicted molar refractivity (Wildman–Crippen MR) is 66.4 cm³/mol. The van der Waals surface area contributed by atoms with Crippen LogP contribution in [0.15, 0.2) is 40.9 Å². The number of rotatable bonds is 0. The molecule has 0 amide bonds. The first kappa shape index (κ1) is 9.54. The van der Waals surface area contributed by atoms with Crippen molar-refractivity contribution in [3.63, 3.8) is 0 Å². The fourth-order valence-corrected chi connectivity index (χ4v) is 2.06. The van der Waals surface area contributed by atoms with Gasteiger partial charge in [0.2, 0.25) is 0 Å². The van der Waals surface area contributed by atoms with Gasteiger partial charge in [-0.15, -0.1) is 0 Å². The summed E-state index contributed by atoms with van der Waals surface area (Å²) in [5.74, 6) is 0.149. The molecule has 0 unspecified atom stereocenters. The van der Waals surface area contributed by atoms with Gasteiger partial charge in [0.25, 0.3) is 0 Å². The fraction of sp³-hybridized carbons (Fsp3) is 0. The predicted octanol–water partition coefficient (Wildman–Crippen LogP) is 3.25. The molecule has 3 rings (SSSR count). The van der Waals surface area contributed by atoms with Crippen molar-refractivity contribution in [3.8, 4) is 5.75 Å². The molecule has 0 radical (unpaired) electrons. The van der Waals surface area contributed by atoms with E-state index in [0.29, 0.717) is 11.0 Å². The van der Waals surface area contributed by atoms with Crippen LogP contribution >= 0.6 is 15.9 Å². The van der Waals surface area contributed by atoms with Crippen molar-refractivity contribution in [3.05, 3.63) is 40.9 Å². The first-order valence-corrected chi connectivity index (χ1v) is 5.59. The molecule has 1 aromatic heterocycles. The second-order valence-electron chi connectivity index (χ2n) is 3.48. The quantitative estimate of drug-likeness (QED) is 0.640. The van der Waals surface area contributed by atoms with Crippen LogP contribution in [0.1, 0.15) is 0 Å². The van der Waals surface area contributed by atoms with Gasteiger partial charge in [0.15, 0.2) is 0 Å². The first-order chi connectivity index (χ1) is 7.75. The largest absolute Gasteiger partial charge is 0.506 e. The zero-order chi connectivity index (χ0) is 11.1. The van der Waals surface area contributed by atoms with Gasteiger partial charge < -0.3 is 5.11 Å². The number of fused-ring (bicyclic) bond motifs is 2. The number of para-hydroxylation sites is 2. The van der Waals surface area contributed by atoms with Crippen LogP contribution in [-0.4, -0.2) is 15.1 Å². The smallest absolute Gasteiger partial charge is 0.143 e. The summed E-state index contributed by atoms with van der Waals surface area (Å²) in [5.41, 5.74) is 2.80. The molecule has 3 aromatic rings. The number of aromatic nitrogens is 2. The van der Waals surface area contributed by atoms with Crippen LogP contribution in [0.4, 0.5) is 0 Å². The first-order valence-electron chi connectivity index (χ1n) is 4.80. The number of nitrogens with zero attached hydrogens (tertiary/aromatic N) is 2. The zero-order valence-corrected chi connectivity index (χ0v) is 9.77. The summed E-state index contributed by atoms with van der Waals surface area (Å²) in [6.45, 7) is 0. The Morgan fingerprint density at radius 3 is 2.19 bits per heavy atom. The highest BCUT2D eigenvalue weighted by Crippen LogP contribution is 2.29. The Kier molecular flexibility index (Phi) is 2.04. The van der Waals surface area contributed by atoms with E-state index in [9.17, 15) is 5.11 Å². The van der Waals surface area contributed by atoms with Gasteiger partial charge >= 0.3 is 0 Å². The topological polar surface area (TPSA) is 46.0 Å². The van der Waals surface area contributed by atoms with E-state index in [1.54, 1.807) is 12.1 Å². The van der Waals surface area contributed by atoms with Crippen molar-refractivity contribution in [2.24, 2.45) is 0 Å². The molecule has 4 heteroatoms. The van der Waals surface area contributed by atoms with Gasteiger partial charge in [0.1, 0.15) is 16.8 Å². The number of aromatic hydroxyl groups is 1. The van der Waals surface area contributed by atoms with E-state index in [0.717, 1.165) is 15.5 Å². The maximum Gasteiger partial charge on any atom is 0.143 e. The van der Waals surface area contributed by atoms with Crippen molar-refractivity contribution in [2.75, 3.05) is 0 Å². The molecule has 0 spiro atoms. The minimum atomic E-state index is 0.149. The van der Waals surface area contributed by atoms with Gasteiger partial charge in [-0.25, -0.2) is 9.97 Å². The third kappa shape index (κ3) is 1.34. The number of phenolic OH excluding ortho intramolecular Hbond substituents is 1. The molecule has 78 valence electrons. The van der Waals surface area contributed by atoms with Crippen molar-refractivity contribution < 1.29 is 5.11 Å². The molecule has 16 heavy (non-hydrogen) atoms. The monoisotopic (exact) mass is 274 g/mol. The highest BCUT2D eigenvalue weighted by Gasteiger charge is 2.08. The molecular weight excluding hydrogens is 268 g/mol. The highest BCUT2D eigenvalue weighted by molar-refractivity contribution is 9.10. The standard InChI is InChI=1S/C12H7BrN2O/c13-7-5-6-10(16)12-11(7)14-8-3-1-2-4-9(8)15-12/h1-6,16H. The normalized spacial score (nSPS) is 11.1. The van der Waals surface area contributed by atoms with Gasteiger partial charge in [-0.05, 0) is 40.2 Å². The van der Waals surface area contributed by atoms with Crippen LogP contribution < -0.4 is 0 Å². The lowest BCUT2D eigenvalue weighted by Crippen LogP contribution is -1.88. The summed E-state index contributed by atoms with van der Waals surface area (Å²) in [6.07, 6.45) is 0. The molecule has 0 aliphatic rings. The molecule has 0 aliphatic heterocycles. The molecule has 1 N–H and O–H groups in total. The van der Waals surface area contributed by atoms with Crippen LogP contribution in [0.25, 0.3) is 22.1 Å². The zero-order valence-electron chi connectivity index (χ0n) is 8.18. The van der Waals surface area contributed by atoms with Gasteiger partial charge in [-0.1, -0.05) is 12.1 Å². The number of phenols is 1. The Bertz CT molecular complexity index is 637. The average Bonchev–Trinajstić information content (AvgIpc) is 2.32. The van der Waals surface area contributed by atoms with Gasteiger partial charge in [-0.3, -0.25) is 0 Å². The van der Waals surface area contributed by atoms with Gasteiger partial charge in [-0.2, -0.15) is 0 Å². The minimum absolute atomic E-state index is 0.149. The minimum Gasteiger partial charge on any atom is -0.506 e. The second-order valence-corrected chi connectivity index (χ2v) is 4.33. The Morgan fingerprint density at radius 1 is 0.875 bits per heavy atom. The van der Waals surface area contributed by atoms with E-state index < -0.39 is 0 Å². The van der Waals surface area contributed by atoms with E-state index >= 15 is 0 Å². The molecule has 0 saturated carbocycles. The molecule has 0 fully saturated rings. The Morgan fingerprint density at radius 2 is 1.50 bits per heavy atom. The lowest BCUT2D eigenvalue weighted by molar-refractivity contribution is 0.480. The number of halogens is 1. The Labute approximate surface area is 99.9 Å². The molecule has 1 heterocycles. The third-order valence-electron chi connectivity index (χ3n) is 2.43. The van der Waals surface area contributed by atoms with Crippen molar-refractivity contribution in [1.29, 1.82) is 0 Å². The van der Waals surface area contributed by atoms with Crippen LogP contribution in [0.2, 0.25) is 0 Å². The number of benzene rings is 2. The SMILES string of the molecule is Oc1ccc(Br)c2nc3ccccc3nc12. The van der Waals surface area contributed by atoms with Crippen LogP contribution in [0.5, 0.6) is 5.75 Å². The molecular formula is C12H7BrN2O. The molecule has 0 atom stereocenters. The number of hydrogen-bond donors (Lipinski definition) is 1. The summed E-state index contributed by atoms with van der Waals surface area (Å²) in [6, 6.07) is 11.0. The fourth-order valence-electron chi connectivity index (χ4n) is 1.66. The second kappa shape index (κ2) is 3.42. The summed E-state index contributed by atoms with van der Waals surface area (Å²) in [5, 5.41) is 9.73. The van der Waals surface area contributed by atoms with E-state index in [1.807, 2.05) is 24.3 Å². The summed E-state index contributed by atoms with van der Waals surface area (Å²) < 4.78 is 0.832. The molecule has 0 saturated heterocycles.